The average Bonchev–Trinajstić information content (AvgIpc) is 3.13. The highest BCUT2D eigenvalue weighted by atomic mass is 19.1. The lowest BCUT2D eigenvalue weighted by molar-refractivity contribution is -0.384. The summed E-state index contributed by atoms with van der Waals surface area (Å²) in [5, 5.41) is 10.8. The van der Waals surface area contributed by atoms with Crippen LogP contribution >= 0.6 is 0 Å². The predicted octanol–water partition coefficient (Wildman–Crippen LogP) is 3.69. The Labute approximate surface area is 179 Å². The van der Waals surface area contributed by atoms with Crippen molar-refractivity contribution in [1.29, 1.82) is 0 Å². The molecule has 0 bridgehead atoms. The summed E-state index contributed by atoms with van der Waals surface area (Å²) in [5.41, 5.74) is 0.940. The second kappa shape index (κ2) is 7.42. The summed E-state index contributed by atoms with van der Waals surface area (Å²) in [5.74, 6) is -0.739. The van der Waals surface area contributed by atoms with Crippen LogP contribution in [0.5, 0.6) is 0 Å². The number of nitrogens with zero attached hydrogens (tertiary/aromatic N) is 1. The first-order chi connectivity index (χ1) is 14.5. The van der Waals surface area contributed by atoms with E-state index in [-0.39, 0.29) is 17.7 Å². The van der Waals surface area contributed by atoms with Gasteiger partial charge in [-0.05, 0) is 56.4 Å². The number of esters is 1. The van der Waals surface area contributed by atoms with E-state index in [1.807, 2.05) is 33.8 Å². The molecule has 0 N–H and O–H groups in total. The molecule has 1 fully saturated rings. The van der Waals surface area contributed by atoms with Gasteiger partial charge in [0.15, 0.2) is 6.10 Å². The van der Waals surface area contributed by atoms with Gasteiger partial charge >= 0.3 is 13.1 Å². The van der Waals surface area contributed by atoms with Crippen molar-refractivity contribution in [2.24, 2.45) is 0 Å². The van der Waals surface area contributed by atoms with Gasteiger partial charge in [0.2, 0.25) is 0 Å². The summed E-state index contributed by atoms with van der Waals surface area (Å²) in [4.78, 5) is 22.8. The standard InChI is InChI=1S/C22H23BFNO6/c1-21(2)22(3,4)31-23(30-21)17-7-5-6-15-16(17)12-18(24)19(15)29-20(26)13-8-10-14(11-9-13)25(27)28/h5-11,18-19H,12H2,1-4H3/t18-,19-/m1/s1. The van der Waals surface area contributed by atoms with Crippen molar-refractivity contribution in [3.8, 4) is 0 Å². The Balaban J connectivity index is 1.58. The molecule has 0 saturated carbocycles. The number of nitro groups is 1. The summed E-state index contributed by atoms with van der Waals surface area (Å²) in [6.07, 6.45) is -2.41. The summed E-state index contributed by atoms with van der Waals surface area (Å²) >= 11 is 0. The lowest BCUT2D eigenvalue weighted by Crippen LogP contribution is -2.41. The second-order valence-electron chi connectivity index (χ2n) is 8.85. The first-order valence-corrected chi connectivity index (χ1v) is 10.1. The Bertz CT molecular complexity index is 1020. The number of carbonyl (C=O) groups excluding carboxylic acids is 1. The molecule has 2 aromatic carbocycles. The fourth-order valence-electron chi connectivity index (χ4n) is 3.85. The predicted molar refractivity (Wildman–Crippen MR) is 112 cm³/mol. The summed E-state index contributed by atoms with van der Waals surface area (Å²) < 4.78 is 32.7. The van der Waals surface area contributed by atoms with Crippen LogP contribution in [0, 0.1) is 10.1 Å². The van der Waals surface area contributed by atoms with Crippen molar-refractivity contribution in [1.82, 2.24) is 0 Å². The monoisotopic (exact) mass is 427 g/mol. The molecule has 162 valence electrons. The number of alkyl halides is 1. The molecule has 0 radical (unpaired) electrons. The SMILES string of the molecule is CC1(C)OB(c2cccc3c2C[C@@H](F)[C@@H]3OC(=O)c2ccc([N+](=O)[O-])cc2)OC1(C)C. The molecule has 7 nitrogen and oxygen atoms in total. The average molecular weight is 427 g/mol. The Morgan fingerprint density at radius 3 is 2.32 bits per heavy atom. The molecule has 2 atom stereocenters. The zero-order valence-electron chi connectivity index (χ0n) is 17.8. The highest BCUT2D eigenvalue weighted by Crippen LogP contribution is 2.40. The van der Waals surface area contributed by atoms with Gasteiger partial charge in [-0.3, -0.25) is 10.1 Å². The van der Waals surface area contributed by atoms with Crippen LogP contribution in [0.2, 0.25) is 0 Å². The van der Waals surface area contributed by atoms with Crippen molar-refractivity contribution in [2.75, 3.05) is 0 Å². The number of non-ortho nitro benzene ring substituents is 1. The van der Waals surface area contributed by atoms with Gasteiger partial charge in [-0.1, -0.05) is 18.2 Å². The van der Waals surface area contributed by atoms with Gasteiger partial charge in [0.05, 0.1) is 21.7 Å². The van der Waals surface area contributed by atoms with Crippen LogP contribution in [0.25, 0.3) is 0 Å². The normalized spacial score (nSPS) is 23.5. The van der Waals surface area contributed by atoms with Crippen molar-refractivity contribution in [3.05, 3.63) is 69.3 Å². The van der Waals surface area contributed by atoms with Crippen molar-refractivity contribution < 1.29 is 28.2 Å². The third-order valence-electron chi connectivity index (χ3n) is 6.34. The quantitative estimate of drug-likeness (QED) is 0.320. The van der Waals surface area contributed by atoms with E-state index in [1.165, 1.54) is 24.3 Å². The minimum absolute atomic E-state index is 0.0772. The number of hydrogen-bond acceptors (Lipinski definition) is 6. The maximum absolute atomic E-state index is 14.9. The fraction of sp³-hybridized carbons (Fsp3) is 0.409. The molecule has 0 amide bonds. The van der Waals surface area contributed by atoms with E-state index < -0.39 is 41.5 Å². The molecule has 2 aliphatic rings. The summed E-state index contributed by atoms with van der Waals surface area (Å²) in [6, 6.07) is 10.4. The molecule has 0 aromatic heterocycles. The van der Waals surface area contributed by atoms with Crippen molar-refractivity contribution in [2.45, 2.75) is 57.6 Å². The Hall–Kier alpha value is -2.78. The molecule has 1 saturated heterocycles. The molecule has 0 spiro atoms. The van der Waals surface area contributed by atoms with Gasteiger partial charge in [0, 0.05) is 18.6 Å². The maximum atomic E-state index is 14.9. The number of carbonyl (C=O) groups is 1. The van der Waals surface area contributed by atoms with Crippen LogP contribution in [-0.4, -0.2) is 35.4 Å². The van der Waals surface area contributed by atoms with Crippen LogP contribution in [0.15, 0.2) is 42.5 Å². The number of rotatable bonds is 4. The number of fused-ring (bicyclic) bond motifs is 1. The Morgan fingerprint density at radius 2 is 1.74 bits per heavy atom. The summed E-state index contributed by atoms with van der Waals surface area (Å²) in [7, 11) is -0.642. The molecule has 0 unspecified atom stereocenters. The minimum Gasteiger partial charge on any atom is -0.451 e. The summed E-state index contributed by atoms with van der Waals surface area (Å²) in [6.45, 7) is 7.79. The Kier molecular flexibility index (Phi) is 5.14. The van der Waals surface area contributed by atoms with Gasteiger partial charge in [-0.2, -0.15) is 0 Å². The topological polar surface area (TPSA) is 87.9 Å². The van der Waals surface area contributed by atoms with Crippen LogP contribution in [0.3, 0.4) is 0 Å². The molecule has 2 aromatic rings. The number of halogens is 1. The first-order valence-electron chi connectivity index (χ1n) is 10.1. The molecule has 9 heteroatoms. The molecule has 1 aliphatic heterocycles. The van der Waals surface area contributed by atoms with Gasteiger partial charge in [0.25, 0.3) is 5.69 Å². The molecule has 31 heavy (non-hydrogen) atoms. The van der Waals surface area contributed by atoms with Gasteiger partial charge < -0.3 is 14.0 Å². The molecule has 4 rings (SSSR count). The van der Waals surface area contributed by atoms with E-state index in [2.05, 4.69) is 0 Å². The second-order valence-corrected chi connectivity index (χ2v) is 8.85. The number of ether oxygens (including phenoxy) is 1. The van der Waals surface area contributed by atoms with E-state index in [0.717, 1.165) is 11.0 Å². The van der Waals surface area contributed by atoms with E-state index in [4.69, 9.17) is 14.0 Å². The highest BCUT2D eigenvalue weighted by Gasteiger charge is 2.53. The largest absolute Gasteiger partial charge is 0.495 e. The van der Waals surface area contributed by atoms with Crippen LogP contribution in [-0.2, 0) is 20.5 Å². The number of hydrogen-bond donors (Lipinski definition) is 0. The lowest BCUT2D eigenvalue weighted by atomic mass is 9.75. The molecular formula is C22H23BFNO6. The minimum atomic E-state index is -1.42. The Morgan fingerprint density at radius 1 is 1.13 bits per heavy atom. The van der Waals surface area contributed by atoms with E-state index in [9.17, 15) is 19.3 Å². The van der Waals surface area contributed by atoms with Crippen LogP contribution < -0.4 is 5.46 Å². The van der Waals surface area contributed by atoms with E-state index in [1.54, 1.807) is 12.1 Å². The van der Waals surface area contributed by atoms with Gasteiger partial charge in [0.1, 0.15) is 6.17 Å². The zero-order chi connectivity index (χ0) is 22.6. The van der Waals surface area contributed by atoms with E-state index >= 15 is 0 Å². The zero-order valence-corrected chi connectivity index (χ0v) is 17.8. The third-order valence-corrected chi connectivity index (χ3v) is 6.34. The first kappa shape index (κ1) is 21.5. The number of benzene rings is 2. The highest BCUT2D eigenvalue weighted by molar-refractivity contribution is 6.62. The fourth-order valence-corrected chi connectivity index (χ4v) is 3.85. The third kappa shape index (κ3) is 3.72. The number of nitro benzene ring substituents is 1. The van der Waals surface area contributed by atoms with E-state index in [0.29, 0.717) is 5.56 Å². The lowest BCUT2D eigenvalue weighted by Gasteiger charge is -2.32. The van der Waals surface area contributed by atoms with Crippen LogP contribution in [0.1, 0.15) is 55.3 Å². The maximum Gasteiger partial charge on any atom is 0.495 e. The van der Waals surface area contributed by atoms with Gasteiger partial charge in [-0.25, -0.2) is 9.18 Å². The van der Waals surface area contributed by atoms with Crippen molar-refractivity contribution >= 4 is 24.2 Å². The van der Waals surface area contributed by atoms with Crippen LogP contribution in [0.4, 0.5) is 10.1 Å². The smallest absolute Gasteiger partial charge is 0.451 e. The molecule has 1 heterocycles. The van der Waals surface area contributed by atoms with Crippen molar-refractivity contribution in [3.63, 3.8) is 0 Å². The molecular weight excluding hydrogens is 404 g/mol. The van der Waals surface area contributed by atoms with Gasteiger partial charge in [-0.15, -0.1) is 0 Å². The molecule has 1 aliphatic carbocycles.